The van der Waals surface area contributed by atoms with Gasteiger partial charge in [0.15, 0.2) is 0 Å². The second-order valence-electron chi connectivity index (χ2n) is 8.70. The molecule has 2 N–H and O–H groups in total. The molecule has 4 amide bonds. The van der Waals surface area contributed by atoms with Crippen LogP contribution in [-0.2, 0) is 9.59 Å². The van der Waals surface area contributed by atoms with Crippen molar-refractivity contribution in [3.63, 3.8) is 0 Å². The first-order valence-corrected chi connectivity index (χ1v) is 10.5. The monoisotopic (exact) mass is 487 g/mol. The fourth-order valence-corrected chi connectivity index (χ4v) is 3.91. The third kappa shape index (κ3) is 7.06. The molecule has 2 aliphatic heterocycles. The number of hydrogen-bond donors (Lipinski definition) is 2. The summed E-state index contributed by atoms with van der Waals surface area (Å²) in [4.78, 5) is 56.0. The van der Waals surface area contributed by atoms with E-state index in [2.05, 4.69) is 10.3 Å². The van der Waals surface area contributed by atoms with Crippen molar-refractivity contribution < 1.29 is 37.5 Å². The second-order valence-corrected chi connectivity index (χ2v) is 8.70. The predicted octanol–water partition coefficient (Wildman–Crippen LogP) is 1.44. The van der Waals surface area contributed by atoms with Crippen molar-refractivity contribution in [3.8, 4) is 0 Å². The molecule has 3 heterocycles. The van der Waals surface area contributed by atoms with Gasteiger partial charge in [0.25, 0.3) is 5.91 Å². The second kappa shape index (κ2) is 10.7. The van der Waals surface area contributed by atoms with Crippen LogP contribution in [0.5, 0.6) is 0 Å². The third-order valence-electron chi connectivity index (χ3n) is 5.33. The van der Waals surface area contributed by atoms with Gasteiger partial charge in [0.05, 0.1) is 0 Å². The number of aromatic nitrogens is 1. The standard InChI is InChI=1S/C19H27N5O3.C2HF3O2/c1-14(2)21-18(27)24-9-8-23(17(26)15-6-4-5-7-20-15)12-19(13-24)10-16(25)22(3)11-19;3-2(4,5)1(6)7/h4-7,14H,8-13H2,1-3H3,(H,21,27);(H,6,7). The van der Waals surface area contributed by atoms with Crippen LogP contribution in [0.4, 0.5) is 18.0 Å². The van der Waals surface area contributed by atoms with Gasteiger partial charge < -0.3 is 25.1 Å². The lowest BCUT2D eigenvalue weighted by molar-refractivity contribution is -0.192. The highest BCUT2D eigenvalue weighted by Crippen LogP contribution is 2.34. The van der Waals surface area contributed by atoms with Crippen LogP contribution in [0.25, 0.3) is 0 Å². The van der Waals surface area contributed by atoms with Gasteiger partial charge in [0.1, 0.15) is 5.69 Å². The van der Waals surface area contributed by atoms with Gasteiger partial charge in [0, 0.05) is 63.8 Å². The zero-order valence-corrected chi connectivity index (χ0v) is 19.1. The summed E-state index contributed by atoms with van der Waals surface area (Å²) in [5.41, 5.74) is -0.0772. The molecular weight excluding hydrogens is 459 g/mol. The lowest BCUT2D eigenvalue weighted by atomic mass is 9.86. The summed E-state index contributed by atoms with van der Waals surface area (Å²) in [6.07, 6.45) is -3.16. The number of amides is 4. The summed E-state index contributed by atoms with van der Waals surface area (Å²) in [6.45, 7) is 6.09. The van der Waals surface area contributed by atoms with E-state index in [1.54, 1.807) is 46.1 Å². The van der Waals surface area contributed by atoms with Gasteiger partial charge in [-0.1, -0.05) is 6.07 Å². The molecule has 10 nitrogen and oxygen atoms in total. The number of nitrogens with zero attached hydrogens (tertiary/aromatic N) is 4. The highest BCUT2D eigenvalue weighted by Gasteiger charge is 2.47. The van der Waals surface area contributed by atoms with Gasteiger partial charge in [-0.25, -0.2) is 9.59 Å². The van der Waals surface area contributed by atoms with E-state index < -0.39 is 17.6 Å². The minimum absolute atomic E-state index is 0.0239. The number of pyridine rings is 1. The van der Waals surface area contributed by atoms with Crippen molar-refractivity contribution in [1.82, 2.24) is 25.0 Å². The lowest BCUT2D eigenvalue weighted by Gasteiger charge is -2.33. The Hall–Kier alpha value is -3.38. The van der Waals surface area contributed by atoms with E-state index >= 15 is 0 Å². The van der Waals surface area contributed by atoms with Crippen LogP contribution in [0.2, 0.25) is 0 Å². The van der Waals surface area contributed by atoms with Crippen LogP contribution >= 0.6 is 0 Å². The molecule has 0 aromatic carbocycles. The van der Waals surface area contributed by atoms with Crippen LogP contribution in [0.3, 0.4) is 0 Å². The van der Waals surface area contributed by atoms with Crippen molar-refractivity contribution in [3.05, 3.63) is 30.1 Å². The quantitative estimate of drug-likeness (QED) is 0.651. The van der Waals surface area contributed by atoms with Crippen molar-refractivity contribution in [2.24, 2.45) is 5.41 Å². The Bertz CT molecular complexity index is 912. The van der Waals surface area contributed by atoms with Crippen molar-refractivity contribution in [2.75, 3.05) is 39.8 Å². The number of rotatable bonds is 2. The van der Waals surface area contributed by atoms with Crippen molar-refractivity contribution >= 4 is 23.8 Å². The van der Waals surface area contributed by atoms with Gasteiger partial charge in [0.2, 0.25) is 5.91 Å². The Morgan fingerprint density at radius 1 is 1.12 bits per heavy atom. The lowest BCUT2D eigenvalue weighted by Crippen LogP contribution is -2.49. The largest absolute Gasteiger partial charge is 0.490 e. The molecule has 1 aromatic heterocycles. The molecular formula is C21H28F3N5O5. The van der Waals surface area contributed by atoms with Crippen LogP contribution in [0, 0.1) is 5.41 Å². The number of carbonyl (C=O) groups excluding carboxylic acids is 3. The molecule has 0 radical (unpaired) electrons. The van der Waals surface area contributed by atoms with Gasteiger partial charge in [-0.3, -0.25) is 14.6 Å². The molecule has 1 unspecified atom stereocenters. The maximum Gasteiger partial charge on any atom is 0.490 e. The third-order valence-corrected chi connectivity index (χ3v) is 5.33. The summed E-state index contributed by atoms with van der Waals surface area (Å²) in [5, 5.41) is 10.0. The highest BCUT2D eigenvalue weighted by atomic mass is 19.4. The Kier molecular flexibility index (Phi) is 8.46. The fraction of sp³-hybridized carbons (Fsp3) is 0.571. The zero-order chi connectivity index (χ0) is 25.7. The number of urea groups is 1. The summed E-state index contributed by atoms with van der Waals surface area (Å²) in [6, 6.07) is 5.11. The van der Waals surface area contributed by atoms with E-state index in [0.29, 0.717) is 44.8 Å². The molecule has 3 rings (SSSR count). The first-order valence-electron chi connectivity index (χ1n) is 10.5. The molecule has 2 saturated heterocycles. The number of aliphatic carboxylic acids is 1. The molecule has 188 valence electrons. The molecule has 13 heteroatoms. The van der Waals surface area contributed by atoms with Crippen molar-refractivity contribution in [2.45, 2.75) is 32.5 Å². The van der Waals surface area contributed by atoms with Crippen LogP contribution in [0.15, 0.2) is 24.4 Å². The van der Waals surface area contributed by atoms with Gasteiger partial charge in [-0.2, -0.15) is 13.2 Å². The van der Waals surface area contributed by atoms with E-state index in [4.69, 9.17) is 9.90 Å². The zero-order valence-electron chi connectivity index (χ0n) is 19.1. The van der Waals surface area contributed by atoms with Crippen LogP contribution in [0.1, 0.15) is 30.8 Å². The summed E-state index contributed by atoms with van der Waals surface area (Å²) >= 11 is 0. The number of nitrogens with one attached hydrogen (secondary N) is 1. The molecule has 34 heavy (non-hydrogen) atoms. The topological polar surface area (TPSA) is 123 Å². The maximum absolute atomic E-state index is 13.0. The minimum atomic E-state index is -5.08. The molecule has 1 spiro atoms. The first kappa shape index (κ1) is 26.9. The van der Waals surface area contributed by atoms with Crippen LogP contribution in [-0.4, -0.2) is 101 Å². The molecule has 1 atom stereocenters. The van der Waals surface area contributed by atoms with Gasteiger partial charge >= 0.3 is 18.2 Å². The Balaban J connectivity index is 0.000000509. The number of hydrogen-bond acceptors (Lipinski definition) is 5. The average molecular weight is 487 g/mol. The number of halogens is 3. The van der Waals surface area contributed by atoms with E-state index in [0.717, 1.165) is 0 Å². The minimum Gasteiger partial charge on any atom is -0.475 e. The SMILES string of the molecule is CC(C)NC(=O)N1CCN(C(=O)c2ccccn2)CC2(CC(=O)N(C)C2)C1.O=C(O)C(F)(F)F. The number of likely N-dealkylation sites (tertiary alicyclic amines) is 1. The Labute approximate surface area is 194 Å². The smallest absolute Gasteiger partial charge is 0.475 e. The first-order chi connectivity index (χ1) is 15.7. The molecule has 1 aromatic rings. The van der Waals surface area contributed by atoms with E-state index in [-0.39, 0.29) is 23.9 Å². The number of carbonyl (C=O) groups is 4. The number of alkyl halides is 3. The summed E-state index contributed by atoms with van der Waals surface area (Å²) < 4.78 is 31.7. The summed E-state index contributed by atoms with van der Waals surface area (Å²) in [7, 11) is 1.77. The predicted molar refractivity (Wildman–Crippen MR) is 114 cm³/mol. The van der Waals surface area contributed by atoms with E-state index in [1.165, 1.54) is 0 Å². The number of carboxylic acids is 1. The molecule has 2 fully saturated rings. The molecule has 0 aliphatic carbocycles. The molecule has 2 aliphatic rings. The van der Waals surface area contributed by atoms with Gasteiger partial charge in [-0.05, 0) is 26.0 Å². The fourth-order valence-electron chi connectivity index (χ4n) is 3.91. The maximum atomic E-state index is 13.0. The average Bonchev–Trinajstić information content (AvgIpc) is 2.90. The van der Waals surface area contributed by atoms with E-state index in [1.807, 2.05) is 13.8 Å². The Morgan fingerprint density at radius 2 is 1.71 bits per heavy atom. The summed E-state index contributed by atoms with van der Waals surface area (Å²) in [5.74, 6) is -2.87. The van der Waals surface area contributed by atoms with Crippen molar-refractivity contribution in [1.29, 1.82) is 0 Å². The molecule has 0 saturated carbocycles. The van der Waals surface area contributed by atoms with Gasteiger partial charge in [-0.15, -0.1) is 0 Å². The Morgan fingerprint density at radius 3 is 2.18 bits per heavy atom. The van der Waals surface area contributed by atoms with E-state index in [9.17, 15) is 27.6 Å². The molecule has 0 bridgehead atoms. The van der Waals surface area contributed by atoms with Crippen LogP contribution < -0.4 is 5.32 Å². The normalized spacial score (nSPS) is 20.7. The number of carboxylic acid groups (broad SMARTS) is 1. The highest BCUT2D eigenvalue weighted by molar-refractivity contribution is 5.92.